The second-order valence-electron chi connectivity index (χ2n) is 12.9. The Morgan fingerprint density at radius 3 is 2.45 bits per heavy atom. The molecule has 6 aliphatic rings. The Morgan fingerprint density at radius 1 is 0.793 bits per heavy atom. The van der Waals surface area contributed by atoms with Crippen LogP contribution in [-0.4, -0.2) is 18.5 Å². The molecule has 2 saturated heterocycles. The van der Waals surface area contributed by atoms with E-state index < -0.39 is 0 Å². The van der Waals surface area contributed by atoms with Crippen molar-refractivity contribution in [2.75, 3.05) is 6.61 Å². The van der Waals surface area contributed by atoms with Crippen molar-refractivity contribution in [2.24, 2.45) is 52.3 Å². The third kappa shape index (κ3) is 2.54. The summed E-state index contributed by atoms with van der Waals surface area (Å²) in [5, 5.41) is 0. The van der Waals surface area contributed by atoms with Crippen LogP contribution < -0.4 is 0 Å². The van der Waals surface area contributed by atoms with Crippen LogP contribution >= 0.6 is 0 Å². The number of rotatable bonds is 0. The molecule has 6 fully saturated rings. The Balaban J connectivity index is 1.27. The van der Waals surface area contributed by atoms with Crippen molar-refractivity contribution in [3.05, 3.63) is 0 Å². The van der Waals surface area contributed by atoms with E-state index in [4.69, 9.17) is 9.47 Å². The molecule has 0 amide bonds. The molecule has 11 atom stereocenters. The van der Waals surface area contributed by atoms with E-state index in [1.807, 2.05) is 0 Å². The third-order valence-corrected chi connectivity index (χ3v) is 11.9. The first-order chi connectivity index (χ1) is 13.9. The van der Waals surface area contributed by atoms with Crippen molar-refractivity contribution in [1.29, 1.82) is 0 Å². The molecule has 0 bridgehead atoms. The molecule has 0 radical (unpaired) electrons. The minimum absolute atomic E-state index is 0.250. The molecule has 0 aromatic heterocycles. The van der Waals surface area contributed by atoms with Gasteiger partial charge in [0, 0.05) is 12.3 Å². The standard InChI is InChI=1S/C27H44O2/c1-17-10-14-27(28-16-17)18(2)24-23(29-27)15-22-20-9-8-19-7-5-6-12-25(19,3)21(20)11-13-26(22,24)4/h17-24H,5-16H2,1-4H3/t17?,18-,19-,20+,21-,22-,23-,24+,25-,26-,27+/m0/s1. The van der Waals surface area contributed by atoms with Gasteiger partial charge in [-0.15, -0.1) is 0 Å². The van der Waals surface area contributed by atoms with Crippen LogP contribution in [0.1, 0.15) is 98.3 Å². The Labute approximate surface area is 178 Å². The lowest BCUT2D eigenvalue weighted by Crippen LogP contribution is -2.54. The summed E-state index contributed by atoms with van der Waals surface area (Å²) in [6.45, 7) is 11.1. The molecule has 0 aromatic carbocycles. The zero-order valence-corrected chi connectivity index (χ0v) is 19.4. The van der Waals surface area contributed by atoms with E-state index in [-0.39, 0.29) is 5.79 Å². The van der Waals surface area contributed by atoms with Crippen molar-refractivity contribution >= 4 is 0 Å². The fraction of sp³-hybridized carbons (Fsp3) is 1.00. The highest BCUT2D eigenvalue weighted by Crippen LogP contribution is 2.71. The van der Waals surface area contributed by atoms with Crippen LogP contribution in [-0.2, 0) is 9.47 Å². The van der Waals surface area contributed by atoms with Gasteiger partial charge in [0.15, 0.2) is 5.79 Å². The van der Waals surface area contributed by atoms with E-state index in [1.165, 1.54) is 64.2 Å². The fourth-order valence-electron chi connectivity index (χ4n) is 10.3. The minimum Gasteiger partial charge on any atom is -0.349 e. The van der Waals surface area contributed by atoms with Crippen LogP contribution in [0.25, 0.3) is 0 Å². The van der Waals surface area contributed by atoms with Crippen molar-refractivity contribution in [3.8, 4) is 0 Å². The second kappa shape index (κ2) is 6.47. The van der Waals surface area contributed by atoms with Gasteiger partial charge in [0.05, 0.1) is 12.7 Å². The molecule has 4 saturated carbocycles. The van der Waals surface area contributed by atoms with Crippen molar-refractivity contribution in [3.63, 3.8) is 0 Å². The van der Waals surface area contributed by atoms with Gasteiger partial charge in [-0.1, -0.05) is 40.5 Å². The fourth-order valence-corrected chi connectivity index (χ4v) is 10.3. The summed E-state index contributed by atoms with van der Waals surface area (Å²) in [6, 6.07) is 0. The summed E-state index contributed by atoms with van der Waals surface area (Å²) in [4.78, 5) is 0. The molecular weight excluding hydrogens is 356 g/mol. The summed E-state index contributed by atoms with van der Waals surface area (Å²) in [5.41, 5.74) is 1.13. The Kier molecular flexibility index (Phi) is 4.37. The lowest BCUT2D eigenvalue weighted by Gasteiger charge is -2.61. The summed E-state index contributed by atoms with van der Waals surface area (Å²) in [6.07, 6.45) is 16.2. The van der Waals surface area contributed by atoms with Crippen LogP contribution in [0.2, 0.25) is 0 Å². The topological polar surface area (TPSA) is 18.5 Å². The lowest BCUT2D eigenvalue weighted by molar-refractivity contribution is -0.273. The van der Waals surface area contributed by atoms with Crippen molar-refractivity contribution in [2.45, 2.75) is 110 Å². The zero-order chi connectivity index (χ0) is 20.0. The second-order valence-corrected chi connectivity index (χ2v) is 12.9. The highest BCUT2D eigenvalue weighted by atomic mass is 16.7. The highest BCUT2D eigenvalue weighted by Gasteiger charge is 2.68. The van der Waals surface area contributed by atoms with E-state index in [2.05, 4.69) is 27.7 Å². The Hall–Kier alpha value is -0.0800. The predicted molar refractivity (Wildman–Crippen MR) is 116 cm³/mol. The Bertz CT molecular complexity index is 651. The molecule has 2 heteroatoms. The molecule has 2 nitrogen and oxygen atoms in total. The van der Waals surface area contributed by atoms with Gasteiger partial charge < -0.3 is 9.47 Å². The molecule has 0 aromatic rings. The number of fused-ring (bicyclic) bond motifs is 7. The largest absolute Gasteiger partial charge is 0.349 e. The molecule has 4 aliphatic carbocycles. The van der Waals surface area contributed by atoms with Gasteiger partial charge in [-0.05, 0) is 97.7 Å². The van der Waals surface area contributed by atoms with Gasteiger partial charge in [-0.25, -0.2) is 0 Å². The molecule has 2 heterocycles. The molecule has 0 N–H and O–H groups in total. The zero-order valence-electron chi connectivity index (χ0n) is 19.4. The maximum Gasteiger partial charge on any atom is 0.171 e. The minimum atomic E-state index is -0.250. The van der Waals surface area contributed by atoms with Crippen LogP contribution in [0.3, 0.4) is 0 Å². The maximum atomic E-state index is 6.92. The smallest absolute Gasteiger partial charge is 0.171 e. The number of hydrogen-bond acceptors (Lipinski definition) is 2. The van der Waals surface area contributed by atoms with Gasteiger partial charge in [0.1, 0.15) is 0 Å². The maximum absolute atomic E-state index is 6.92. The molecule has 29 heavy (non-hydrogen) atoms. The van der Waals surface area contributed by atoms with Gasteiger partial charge in [-0.3, -0.25) is 0 Å². The van der Waals surface area contributed by atoms with E-state index in [0.29, 0.717) is 28.8 Å². The molecule has 1 spiro atoms. The summed E-state index contributed by atoms with van der Waals surface area (Å²) in [7, 11) is 0. The first-order valence-corrected chi connectivity index (χ1v) is 13.2. The number of hydrogen-bond donors (Lipinski definition) is 0. The normalized spacial score (nSPS) is 61.7. The van der Waals surface area contributed by atoms with E-state index in [9.17, 15) is 0 Å². The van der Waals surface area contributed by atoms with Crippen LogP contribution in [0.5, 0.6) is 0 Å². The third-order valence-electron chi connectivity index (χ3n) is 11.9. The summed E-state index contributed by atoms with van der Waals surface area (Å²) >= 11 is 0. The molecule has 1 unspecified atom stereocenters. The molecule has 6 rings (SSSR count). The van der Waals surface area contributed by atoms with Crippen LogP contribution in [0.4, 0.5) is 0 Å². The molecule has 2 aliphatic heterocycles. The van der Waals surface area contributed by atoms with E-state index in [1.54, 1.807) is 0 Å². The van der Waals surface area contributed by atoms with E-state index >= 15 is 0 Å². The highest BCUT2D eigenvalue weighted by molar-refractivity contribution is 5.15. The van der Waals surface area contributed by atoms with Crippen LogP contribution in [0.15, 0.2) is 0 Å². The summed E-state index contributed by atoms with van der Waals surface area (Å²) in [5.74, 6) is 5.62. The summed E-state index contributed by atoms with van der Waals surface area (Å²) < 4.78 is 13.4. The monoisotopic (exact) mass is 400 g/mol. The first kappa shape index (κ1) is 19.6. The van der Waals surface area contributed by atoms with Crippen LogP contribution in [0, 0.1) is 52.3 Å². The van der Waals surface area contributed by atoms with E-state index in [0.717, 1.165) is 42.6 Å². The average Bonchev–Trinajstić information content (AvgIpc) is 3.15. The average molecular weight is 401 g/mol. The Morgan fingerprint density at radius 2 is 1.66 bits per heavy atom. The van der Waals surface area contributed by atoms with Crippen molar-refractivity contribution < 1.29 is 9.47 Å². The first-order valence-electron chi connectivity index (χ1n) is 13.2. The lowest BCUT2D eigenvalue weighted by atomic mass is 9.44. The quantitative estimate of drug-likeness (QED) is 0.444. The SMILES string of the molecule is CC1CC[C@@]2(OC1)O[C@H]1C[C@H]3[C@@H]4CC[C@@H]5CCCC[C@]5(C)[C@H]4CC[C@]3(C)[C@@H]1[C@@H]2C. The molecule has 164 valence electrons. The van der Waals surface area contributed by atoms with Gasteiger partial charge in [0.25, 0.3) is 0 Å². The number of ether oxygens (including phenoxy) is 2. The van der Waals surface area contributed by atoms with Crippen molar-refractivity contribution in [1.82, 2.24) is 0 Å². The predicted octanol–water partition coefficient (Wildman–Crippen LogP) is 6.82. The van der Waals surface area contributed by atoms with Gasteiger partial charge in [0.2, 0.25) is 0 Å². The molecular formula is C27H44O2. The van der Waals surface area contributed by atoms with Gasteiger partial charge >= 0.3 is 0 Å². The van der Waals surface area contributed by atoms with Gasteiger partial charge in [-0.2, -0.15) is 0 Å².